The molecule has 0 fully saturated rings. The fourth-order valence-electron chi connectivity index (χ4n) is 1.76. The fourth-order valence-corrected chi connectivity index (χ4v) is 2.25. The van der Waals surface area contributed by atoms with Crippen LogP contribution >= 0.6 is 11.8 Å². The number of carbonyl (C=O) groups excluding carboxylic acids is 1. The number of nitrogens with one attached hydrogen (secondary N) is 1. The van der Waals surface area contributed by atoms with Crippen molar-refractivity contribution in [3.8, 4) is 6.07 Å². The molecule has 1 amide bonds. The lowest BCUT2D eigenvalue weighted by Crippen LogP contribution is -2.23. The van der Waals surface area contributed by atoms with Gasteiger partial charge in [0, 0.05) is 24.4 Å². The fraction of sp³-hybridized carbons (Fsp3) is 0.467. The van der Waals surface area contributed by atoms with E-state index in [1.165, 1.54) is 0 Å². The summed E-state index contributed by atoms with van der Waals surface area (Å²) in [5.74, 6) is 1.11. The van der Waals surface area contributed by atoms with E-state index in [1.807, 2.05) is 11.8 Å². The Balaban J connectivity index is 2.28. The molecule has 0 aliphatic carbocycles. The second kappa shape index (κ2) is 9.40. The summed E-state index contributed by atoms with van der Waals surface area (Å²) in [7, 11) is 2.07. The molecule has 0 unspecified atom stereocenters. The molecule has 0 atom stereocenters. The normalized spacial score (nSPS) is 10.3. The predicted octanol–water partition coefficient (Wildman–Crippen LogP) is 2.57. The average molecular weight is 291 g/mol. The largest absolute Gasteiger partial charge is 0.326 e. The van der Waals surface area contributed by atoms with Crippen LogP contribution in [-0.2, 0) is 4.79 Å². The summed E-state index contributed by atoms with van der Waals surface area (Å²) in [4.78, 5) is 14.0. The Labute approximate surface area is 125 Å². The Kier molecular flexibility index (Phi) is 7.78. The Morgan fingerprint density at radius 3 is 2.95 bits per heavy atom. The second-order valence-corrected chi connectivity index (χ2v) is 5.63. The molecule has 1 rings (SSSR count). The number of nitrogens with zero attached hydrogens (tertiary/aromatic N) is 2. The van der Waals surface area contributed by atoms with Gasteiger partial charge in [0.2, 0.25) is 5.91 Å². The van der Waals surface area contributed by atoms with Crippen molar-refractivity contribution in [2.45, 2.75) is 12.8 Å². The van der Waals surface area contributed by atoms with Gasteiger partial charge in [0.1, 0.15) is 0 Å². The number of rotatable bonds is 8. The molecular weight excluding hydrogens is 270 g/mol. The quantitative estimate of drug-likeness (QED) is 0.800. The van der Waals surface area contributed by atoms with Crippen LogP contribution in [0.2, 0.25) is 0 Å². The lowest BCUT2D eigenvalue weighted by atomic mass is 10.2. The minimum absolute atomic E-state index is 0.00152. The molecule has 1 aromatic rings. The van der Waals surface area contributed by atoms with Gasteiger partial charge in [-0.05, 0) is 44.5 Å². The maximum absolute atomic E-state index is 11.8. The van der Waals surface area contributed by atoms with Gasteiger partial charge < -0.3 is 10.2 Å². The van der Waals surface area contributed by atoms with Gasteiger partial charge >= 0.3 is 0 Å². The summed E-state index contributed by atoms with van der Waals surface area (Å²) in [5, 5.41) is 11.6. The highest BCUT2D eigenvalue weighted by molar-refractivity contribution is 7.98. The van der Waals surface area contributed by atoms with Gasteiger partial charge in [0.15, 0.2) is 0 Å². The summed E-state index contributed by atoms with van der Waals surface area (Å²) in [6.45, 7) is 1.97. The van der Waals surface area contributed by atoms with Crippen LogP contribution in [-0.4, -0.2) is 43.0 Å². The maximum atomic E-state index is 11.8. The minimum Gasteiger partial charge on any atom is -0.326 e. The summed E-state index contributed by atoms with van der Waals surface area (Å²) in [6.07, 6.45) is 3.44. The van der Waals surface area contributed by atoms with E-state index in [9.17, 15) is 4.79 Å². The van der Waals surface area contributed by atoms with Crippen molar-refractivity contribution >= 4 is 23.4 Å². The first-order valence-electron chi connectivity index (χ1n) is 6.63. The van der Waals surface area contributed by atoms with E-state index in [1.54, 1.807) is 24.3 Å². The Morgan fingerprint density at radius 1 is 1.45 bits per heavy atom. The third kappa shape index (κ3) is 6.60. The van der Waals surface area contributed by atoms with Crippen LogP contribution in [0.1, 0.15) is 18.4 Å². The maximum Gasteiger partial charge on any atom is 0.224 e. The monoisotopic (exact) mass is 291 g/mol. The molecule has 0 bridgehead atoms. The zero-order valence-corrected chi connectivity index (χ0v) is 12.9. The lowest BCUT2D eigenvalue weighted by molar-refractivity contribution is -0.116. The van der Waals surface area contributed by atoms with Crippen molar-refractivity contribution in [3.63, 3.8) is 0 Å². The zero-order chi connectivity index (χ0) is 14.8. The van der Waals surface area contributed by atoms with E-state index in [2.05, 4.69) is 29.6 Å². The molecule has 4 nitrogen and oxygen atoms in total. The summed E-state index contributed by atoms with van der Waals surface area (Å²) < 4.78 is 0. The average Bonchev–Trinajstić information content (AvgIpc) is 2.45. The first-order valence-corrected chi connectivity index (χ1v) is 8.02. The van der Waals surface area contributed by atoms with Crippen LogP contribution in [0.25, 0.3) is 0 Å². The van der Waals surface area contributed by atoms with Crippen LogP contribution in [0, 0.1) is 11.3 Å². The Morgan fingerprint density at radius 2 is 2.25 bits per heavy atom. The van der Waals surface area contributed by atoms with Gasteiger partial charge in [-0.25, -0.2) is 0 Å². The molecule has 0 aliphatic heterocycles. The number of nitriles is 1. The Hall–Kier alpha value is -1.51. The van der Waals surface area contributed by atoms with Gasteiger partial charge in [0.25, 0.3) is 0 Å². The third-order valence-electron chi connectivity index (χ3n) is 2.90. The van der Waals surface area contributed by atoms with Crippen molar-refractivity contribution in [1.29, 1.82) is 5.26 Å². The van der Waals surface area contributed by atoms with E-state index in [4.69, 9.17) is 5.26 Å². The number of thioether (sulfide) groups is 1. The number of anilines is 1. The molecule has 0 spiro atoms. The van der Waals surface area contributed by atoms with Crippen molar-refractivity contribution in [3.05, 3.63) is 29.8 Å². The molecule has 1 N–H and O–H groups in total. The SMILES string of the molecule is CSCCN(C)CCCC(=O)Nc1cccc(C#N)c1. The zero-order valence-electron chi connectivity index (χ0n) is 12.1. The van der Waals surface area contributed by atoms with E-state index >= 15 is 0 Å². The van der Waals surface area contributed by atoms with E-state index in [0.717, 1.165) is 25.3 Å². The summed E-state index contributed by atoms with van der Waals surface area (Å²) in [5.41, 5.74) is 1.24. The van der Waals surface area contributed by atoms with Crippen LogP contribution in [0.3, 0.4) is 0 Å². The van der Waals surface area contributed by atoms with Gasteiger partial charge in [-0.15, -0.1) is 0 Å². The molecule has 0 saturated heterocycles. The van der Waals surface area contributed by atoms with E-state index in [-0.39, 0.29) is 5.91 Å². The van der Waals surface area contributed by atoms with Crippen LogP contribution in [0.15, 0.2) is 24.3 Å². The summed E-state index contributed by atoms with van der Waals surface area (Å²) in [6, 6.07) is 9.02. The number of hydrogen-bond donors (Lipinski definition) is 1. The van der Waals surface area contributed by atoms with Crippen LogP contribution in [0.4, 0.5) is 5.69 Å². The molecule has 0 aliphatic rings. The predicted molar refractivity (Wildman–Crippen MR) is 84.9 cm³/mol. The molecule has 20 heavy (non-hydrogen) atoms. The van der Waals surface area contributed by atoms with Crippen molar-refractivity contribution in [1.82, 2.24) is 4.90 Å². The molecule has 0 aromatic heterocycles. The minimum atomic E-state index is -0.00152. The lowest BCUT2D eigenvalue weighted by Gasteiger charge is -2.15. The first-order chi connectivity index (χ1) is 9.65. The van der Waals surface area contributed by atoms with Crippen LogP contribution < -0.4 is 5.32 Å². The topological polar surface area (TPSA) is 56.1 Å². The van der Waals surface area contributed by atoms with Crippen molar-refractivity contribution in [2.75, 3.05) is 37.5 Å². The van der Waals surface area contributed by atoms with Gasteiger partial charge in [-0.3, -0.25) is 4.79 Å². The number of hydrogen-bond acceptors (Lipinski definition) is 4. The Bertz CT molecular complexity index is 470. The second-order valence-electron chi connectivity index (χ2n) is 4.64. The molecule has 0 heterocycles. The third-order valence-corrected chi connectivity index (χ3v) is 3.49. The molecule has 0 saturated carbocycles. The number of benzene rings is 1. The van der Waals surface area contributed by atoms with Gasteiger partial charge in [0.05, 0.1) is 11.6 Å². The molecule has 0 radical (unpaired) electrons. The molecule has 108 valence electrons. The molecular formula is C15H21N3OS. The summed E-state index contributed by atoms with van der Waals surface area (Å²) >= 11 is 1.83. The molecule has 5 heteroatoms. The molecule has 1 aromatic carbocycles. The number of amides is 1. The smallest absolute Gasteiger partial charge is 0.224 e. The highest BCUT2D eigenvalue weighted by atomic mass is 32.2. The standard InChI is InChI=1S/C15H21N3OS/c1-18(9-10-20-2)8-4-7-15(19)17-14-6-3-5-13(11-14)12-16/h3,5-6,11H,4,7-10H2,1-2H3,(H,17,19). The highest BCUT2D eigenvalue weighted by Crippen LogP contribution is 2.10. The van der Waals surface area contributed by atoms with Crippen molar-refractivity contribution in [2.24, 2.45) is 0 Å². The first kappa shape index (κ1) is 16.5. The highest BCUT2D eigenvalue weighted by Gasteiger charge is 2.04. The van der Waals surface area contributed by atoms with Gasteiger partial charge in [-0.2, -0.15) is 17.0 Å². The van der Waals surface area contributed by atoms with Gasteiger partial charge in [-0.1, -0.05) is 6.07 Å². The number of carbonyl (C=O) groups is 1. The van der Waals surface area contributed by atoms with Crippen LogP contribution in [0.5, 0.6) is 0 Å². The van der Waals surface area contributed by atoms with E-state index < -0.39 is 0 Å². The van der Waals surface area contributed by atoms with E-state index in [0.29, 0.717) is 17.7 Å². The van der Waals surface area contributed by atoms with Crippen molar-refractivity contribution < 1.29 is 4.79 Å².